The van der Waals surface area contributed by atoms with Gasteiger partial charge < -0.3 is 18.9 Å². The number of nitro groups is 1. The van der Waals surface area contributed by atoms with E-state index in [2.05, 4.69) is 0 Å². The summed E-state index contributed by atoms with van der Waals surface area (Å²) < 4.78 is 22.1. The van der Waals surface area contributed by atoms with Crippen LogP contribution in [0.3, 0.4) is 0 Å². The highest BCUT2D eigenvalue weighted by molar-refractivity contribution is 5.49. The molecule has 0 saturated carbocycles. The lowest BCUT2D eigenvalue weighted by Gasteiger charge is -2.37. The quantitative estimate of drug-likeness (QED) is 0.362. The van der Waals surface area contributed by atoms with Crippen LogP contribution in [0.2, 0.25) is 0 Å². The maximum absolute atomic E-state index is 10.8. The van der Waals surface area contributed by atoms with Crippen molar-refractivity contribution in [3.8, 4) is 5.75 Å². The van der Waals surface area contributed by atoms with E-state index in [9.17, 15) is 10.1 Å². The standard InChI is InChI=1S/C13H15NO6/c1-13(12(17-2)18-3)11-10(19-11)8-6-7(14(15)16)4-5-9(8)20-13/h4-6,10-12H,1-3H3/t10?,11?,13-/m0/s1. The predicted octanol–water partition coefficient (Wildman–Crippen LogP) is 1.80. The van der Waals surface area contributed by atoms with Crippen molar-refractivity contribution in [3.05, 3.63) is 33.9 Å². The first-order valence-corrected chi connectivity index (χ1v) is 6.19. The number of epoxide rings is 1. The number of rotatable bonds is 4. The monoisotopic (exact) mass is 281 g/mol. The Morgan fingerprint density at radius 1 is 1.40 bits per heavy atom. The van der Waals surface area contributed by atoms with Gasteiger partial charge in [0.1, 0.15) is 18.0 Å². The first kappa shape index (κ1) is 13.3. The van der Waals surface area contributed by atoms with E-state index in [0.29, 0.717) is 11.3 Å². The van der Waals surface area contributed by atoms with E-state index in [1.54, 1.807) is 6.07 Å². The maximum Gasteiger partial charge on any atom is 0.270 e. The molecule has 0 N–H and O–H groups in total. The first-order chi connectivity index (χ1) is 9.51. The van der Waals surface area contributed by atoms with Crippen LogP contribution in [0.1, 0.15) is 18.6 Å². The van der Waals surface area contributed by atoms with E-state index in [-0.39, 0.29) is 17.9 Å². The van der Waals surface area contributed by atoms with Crippen molar-refractivity contribution in [3.63, 3.8) is 0 Å². The number of benzene rings is 1. The lowest BCUT2D eigenvalue weighted by molar-refractivity contribution is -0.385. The Kier molecular flexibility index (Phi) is 2.93. The van der Waals surface area contributed by atoms with Gasteiger partial charge in [-0.05, 0) is 13.0 Å². The van der Waals surface area contributed by atoms with Gasteiger partial charge in [-0.1, -0.05) is 0 Å². The predicted molar refractivity (Wildman–Crippen MR) is 67.5 cm³/mol. The third-order valence-electron chi connectivity index (χ3n) is 3.79. The highest BCUT2D eigenvalue weighted by Gasteiger charge is 2.63. The van der Waals surface area contributed by atoms with E-state index < -0.39 is 16.8 Å². The van der Waals surface area contributed by atoms with Crippen molar-refractivity contribution < 1.29 is 23.9 Å². The third-order valence-corrected chi connectivity index (χ3v) is 3.79. The van der Waals surface area contributed by atoms with E-state index in [4.69, 9.17) is 18.9 Å². The van der Waals surface area contributed by atoms with Crippen molar-refractivity contribution >= 4 is 5.69 Å². The molecular formula is C13H15NO6. The smallest absolute Gasteiger partial charge is 0.270 e. The lowest BCUT2D eigenvalue weighted by atomic mass is 9.91. The lowest BCUT2D eigenvalue weighted by Crippen LogP contribution is -2.53. The average Bonchev–Trinajstić information content (AvgIpc) is 3.21. The molecule has 0 spiro atoms. The number of non-ortho nitro benzene ring substituents is 1. The van der Waals surface area contributed by atoms with Gasteiger partial charge in [-0.25, -0.2) is 0 Å². The molecule has 1 saturated heterocycles. The van der Waals surface area contributed by atoms with Crippen LogP contribution in [-0.2, 0) is 14.2 Å². The summed E-state index contributed by atoms with van der Waals surface area (Å²) in [4.78, 5) is 10.4. The second kappa shape index (κ2) is 4.41. The van der Waals surface area contributed by atoms with Crippen LogP contribution < -0.4 is 4.74 Å². The summed E-state index contributed by atoms with van der Waals surface area (Å²) in [7, 11) is 3.07. The van der Waals surface area contributed by atoms with Crippen LogP contribution in [0, 0.1) is 10.1 Å². The summed E-state index contributed by atoms with van der Waals surface area (Å²) >= 11 is 0. The normalized spacial score (nSPS) is 30.4. The van der Waals surface area contributed by atoms with Crippen LogP contribution in [0.5, 0.6) is 5.75 Å². The second-order valence-corrected chi connectivity index (χ2v) is 5.05. The molecule has 2 heterocycles. The van der Waals surface area contributed by atoms with Gasteiger partial charge in [-0.3, -0.25) is 10.1 Å². The van der Waals surface area contributed by atoms with Gasteiger partial charge in [0.15, 0.2) is 11.9 Å². The zero-order chi connectivity index (χ0) is 14.5. The van der Waals surface area contributed by atoms with Gasteiger partial charge >= 0.3 is 0 Å². The van der Waals surface area contributed by atoms with E-state index in [0.717, 1.165) is 0 Å². The van der Waals surface area contributed by atoms with Crippen LogP contribution in [0.15, 0.2) is 18.2 Å². The Bertz CT molecular complexity index is 558. The topological polar surface area (TPSA) is 83.4 Å². The number of nitro benzene ring substituents is 1. The third kappa shape index (κ3) is 1.78. The molecule has 7 nitrogen and oxygen atoms in total. The fourth-order valence-electron chi connectivity index (χ4n) is 2.79. The number of hydrogen-bond donors (Lipinski definition) is 0. The molecule has 1 fully saturated rings. The zero-order valence-corrected chi connectivity index (χ0v) is 11.4. The van der Waals surface area contributed by atoms with E-state index >= 15 is 0 Å². The first-order valence-electron chi connectivity index (χ1n) is 6.19. The molecule has 2 unspecified atom stereocenters. The minimum atomic E-state index is -0.780. The summed E-state index contributed by atoms with van der Waals surface area (Å²) in [6, 6.07) is 4.50. The molecule has 20 heavy (non-hydrogen) atoms. The molecule has 3 atom stereocenters. The Morgan fingerprint density at radius 2 is 2.10 bits per heavy atom. The number of ether oxygens (including phenoxy) is 4. The van der Waals surface area contributed by atoms with Gasteiger partial charge in [0.2, 0.25) is 0 Å². The molecule has 3 rings (SSSR count). The molecule has 0 aromatic heterocycles. The van der Waals surface area contributed by atoms with Crippen molar-refractivity contribution in [1.82, 2.24) is 0 Å². The van der Waals surface area contributed by atoms with Crippen LogP contribution >= 0.6 is 0 Å². The minimum absolute atomic E-state index is 0.0280. The molecular weight excluding hydrogens is 266 g/mol. The minimum Gasteiger partial charge on any atom is -0.479 e. The molecule has 1 aromatic rings. The number of methoxy groups -OCH3 is 2. The fraction of sp³-hybridized carbons (Fsp3) is 0.538. The van der Waals surface area contributed by atoms with Crippen molar-refractivity contribution in [2.75, 3.05) is 14.2 Å². The SMILES string of the molecule is COC(OC)[C@@]1(C)Oc2ccc([N+](=O)[O-])cc2C2OC21. The summed E-state index contributed by atoms with van der Waals surface area (Å²) in [5.74, 6) is 0.566. The Hall–Kier alpha value is -1.70. The summed E-state index contributed by atoms with van der Waals surface area (Å²) in [5.41, 5.74) is -0.0509. The summed E-state index contributed by atoms with van der Waals surface area (Å²) in [6.07, 6.45) is -1.03. The van der Waals surface area contributed by atoms with Gasteiger partial charge in [0.05, 0.1) is 4.92 Å². The van der Waals surface area contributed by atoms with Gasteiger partial charge in [-0.2, -0.15) is 0 Å². The molecule has 7 heteroatoms. The molecule has 108 valence electrons. The highest BCUT2D eigenvalue weighted by atomic mass is 16.7. The fourth-order valence-corrected chi connectivity index (χ4v) is 2.79. The largest absolute Gasteiger partial charge is 0.479 e. The Morgan fingerprint density at radius 3 is 2.70 bits per heavy atom. The summed E-state index contributed by atoms with van der Waals surface area (Å²) in [5, 5.41) is 10.8. The second-order valence-electron chi connectivity index (χ2n) is 5.05. The van der Waals surface area contributed by atoms with E-state index in [1.807, 2.05) is 6.92 Å². The molecule has 0 bridgehead atoms. The highest BCUT2D eigenvalue weighted by Crippen LogP contribution is 2.55. The van der Waals surface area contributed by atoms with Crippen molar-refractivity contribution in [1.29, 1.82) is 0 Å². The van der Waals surface area contributed by atoms with Crippen molar-refractivity contribution in [2.45, 2.75) is 31.0 Å². The summed E-state index contributed by atoms with van der Waals surface area (Å²) in [6.45, 7) is 1.85. The van der Waals surface area contributed by atoms with E-state index in [1.165, 1.54) is 26.4 Å². The molecule has 0 aliphatic carbocycles. The molecule has 0 radical (unpaired) electrons. The van der Waals surface area contributed by atoms with Gasteiger partial charge in [-0.15, -0.1) is 0 Å². The average molecular weight is 281 g/mol. The maximum atomic E-state index is 10.8. The number of fused-ring (bicyclic) bond motifs is 3. The van der Waals surface area contributed by atoms with Crippen molar-refractivity contribution in [2.24, 2.45) is 0 Å². The zero-order valence-electron chi connectivity index (χ0n) is 11.4. The van der Waals surface area contributed by atoms with Crippen LogP contribution in [-0.4, -0.2) is 37.1 Å². The molecule has 0 amide bonds. The van der Waals surface area contributed by atoms with Crippen LogP contribution in [0.25, 0.3) is 0 Å². The number of hydrogen-bond acceptors (Lipinski definition) is 6. The molecule has 1 aromatic carbocycles. The van der Waals surface area contributed by atoms with Gasteiger partial charge in [0.25, 0.3) is 5.69 Å². The Balaban J connectivity index is 1.97. The van der Waals surface area contributed by atoms with Crippen LogP contribution in [0.4, 0.5) is 5.69 Å². The number of nitrogens with zero attached hydrogens (tertiary/aromatic N) is 1. The molecule has 2 aliphatic rings. The Labute approximate surface area is 115 Å². The molecule has 2 aliphatic heterocycles. The van der Waals surface area contributed by atoms with Gasteiger partial charge in [0, 0.05) is 31.9 Å².